The summed E-state index contributed by atoms with van der Waals surface area (Å²) in [5.74, 6) is -0.498. The number of ether oxygens (including phenoxy) is 1. The molecular formula is C23H27NO5S. The Balaban J connectivity index is 1.79. The van der Waals surface area contributed by atoms with E-state index in [1.165, 1.54) is 54.4 Å². The van der Waals surface area contributed by atoms with Crippen LogP contribution in [0.4, 0.5) is 5.69 Å². The number of hydrogen-bond acceptors (Lipinski definition) is 5. The van der Waals surface area contributed by atoms with Crippen LogP contribution in [0.1, 0.15) is 66.4 Å². The predicted molar refractivity (Wildman–Crippen MR) is 115 cm³/mol. The molecule has 1 aliphatic heterocycles. The Morgan fingerprint density at radius 2 is 1.93 bits per heavy atom. The zero-order valence-corrected chi connectivity index (χ0v) is 18.1. The van der Waals surface area contributed by atoms with Gasteiger partial charge in [0.25, 0.3) is 10.0 Å². The zero-order valence-electron chi connectivity index (χ0n) is 17.3. The molecule has 30 heavy (non-hydrogen) atoms. The molecule has 1 N–H and O–H groups in total. The first-order valence-corrected chi connectivity index (χ1v) is 11.9. The Labute approximate surface area is 177 Å². The van der Waals surface area contributed by atoms with Gasteiger partial charge < -0.3 is 9.84 Å². The van der Waals surface area contributed by atoms with Crippen LogP contribution >= 0.6 is 0 Å². The van der Waals surface area contributed by atoms with Gasteiger partial charge >= 0.3 is 5.97 Å². The second-order valence-corrected chi connectivity index (χ2v) is 9.90. The maximum Gasteiger partial charge on any atom is 0.341 e. The van der Waals surface area contributed by atoms with Gasteiger partial charge in [-0.15, -0.1) is 0 Å². The predicted octanol–water partition coefficient (Wildman–Crippen LogP) is 4.37. The number of sulfonamides is 1. The van der Waals surface area contributed by atoms with E-state index in [0.717, 1.165) is 18.4 Å². The van der Waals surface area contributed by atoms with Gasteiger partial charge in [0.2, 0.25) is 0 Å². The van der Waals surface area contributed by atoms with Crippen LogP contribution < -0.4 is 4.31 Å². The third kappa shape index (κ3) is 3.45. The molecule has 1 aliphatic carbocycles. The summed E-state index contributed by atoms with van der Waals surface area (Å²) >= 11 is 0. The number of carbonyl (C=O) groups excluding carboxylic acids is 1. The van der Waals surface area contributed by atoms with Crippen molar-refractivity contribution in [1.29, 1.82) is 0 Å². The fraction of sp³-hybridized carbons (Fsp3) is 0.435. The zero-order chi connectivity index (χ0) is 21.5. The summed E-state index contributed by atoms with van der Waals surface area (Å²) in [5, 5.41) is 9.97. The first-order chi connectivity index (χ1) is 14.4. The summed E-state index contributed by atoms with van der Waals surface area (Å²) in [5.41, 5.74) is 2.90. The van der Waals surface area contributed by atoms with Crippen molar-refractivity contribution in [1.82, 2.24) is 0 Å². The minimum Gasteiger partial charge on any atom is -0.507 e. The topological polar surface area (TPSA) is 83.9 Å². The molecule has 0 aromatic heterocycles. The number of anilines is 1. The fourth-order valence-corrected chi connectivity index (χ4v) is 6.23. The van der Waals surface area contributed by atoms with Crippen LogP contribution in [0.2, 0.25) is 0 Å². The summed E-state index contributed by atoms with van der Waals surface area (Å²) in [6, 6.07) is 9.76. The molecule has 0 radical (unpaired) electrons. The summed E-state index contributed by atoms with van der Waals surface area (Å²) in [6.45, 7) is 1.98. The SMILES string of the molecule is CCC1CCc2cc(C3CCC3)ccc2N1S(=O)(=O)c1ccc(O)c(C(=O)OC)c1. The highest BCUT2D eigenvalue weighted by molar-refractivity contribution is 7.92. The Kier molecular flexibility index (Phi) is 5.49. The molecule has 0 bridgehead atoms. The van der Waals surface area contributed by atoms with E-state index in [4.69, 9.17) is 0 Å². The van der Waals surface area contributed by atoms with Gasteiger partial charge in [-0.3, -0.25) is 4.31 Å². The lowest BCUT2D eigenvalue weighted by Crippen LogP contribution is -2.43. The van der Waals surface area contributed by atoms with Crippen molar-refractivity contribution >= 4 is 21.7 Å². The van der Waals surface area contributed by atoms with Gasteiger partial charge in [0.15, 0.2) is 0 Å². The van der Waals surface area contributed by atoms with Gasteiger partial charge in [-0.2, -0.15) is 0 Å². The van der Waals surface area contributed by atoms with E-state index < -0.39 is 16.0 Å². The van der Waals surface area contributed by atoms with Crippen molar-refractivity contribution in [3.8, 4) is 5.75 Å². The fourth-order valence-electron chi connectivity index (χ4n) is 4.41. The molecule has 6 nitrogen and oxygen atoms in total. The van der Waals surface area contributed by atoms with E-state index >= 15 is 0 Å². The molecule has 1 heterocycles. The molecule has 4 rings (SSSR count). The van der Waals surface area contributed by atoms with E-state index in [0.29, 0.717) is 18.0 Å². The van der Waals surface area contributed by atoms with Crippen LogP contribution in [0.3, 0.4) is 0 Å². The van der Waals surface area contributed by atoms with Crippen molar-refractivity contribution < 1.29 is 23.1 Å². The number of phenols is 1. The molecule has 2 aliphatic rings. The van der Waals surface area contributed by atoms with E-state index in [9.17, 15) is 18.3 Å². The smallest absolute Gasteiger partial charge is 0.341 e. The van der Waals surface area contributed by atoms with Crippen LogP contribution in [-0.2, 0) is 21.2 Å². The van der Waals surface area contributed by atoms with Gasteiger partial charge in [0.05, 0.1) is 17.7 Å². The first-order valence-electron chi connectivity index (χ1n) is 10.5. The minimum atomic E-state index is -3.93. The Bertz CT molecular complexity index is 1070. The summed E-state index contributed by atoms with van der Waals surface area (Å²) in [6.07, 6.45) is 5.93. The summed E-state index contributed by atoms with van der Waals surface area (Å²) in [4.78, 5) is 11.9. The molecular weight excluding hydrogens is 402 g/mol. The number of aryl methyl sites for hydroxylation is 1. The van der Waals surface area contributed by atoms with E-state index in [2.05, 4.69) is 16.9 Å². The molecule has 1 unspecified atom stereocenters. The highest BCUT2D eigenvalue weighted by atomic mass is 32.2. The largest absolute Gasteiger partial charge is 0.507 e. The van der Waals surface area contributed by atoms with Crippen LogP contribution in [-0.4, -0.2) is 32.6 Å². The number of hydrogen-bond donors (Lipinski definition) is 1. The molecule has 2 aromatic rings. The second kappa shape index (κ2) is 7.95. The maximum absolute atomic E-state index is 13.7. The number of phenolic OH excluding ortho intramolecular Hbond substituents is 1. The highest BCUT2D eigenvalue weighted by Gasteiger charge is 2.36. The van der Waals surface area contributed by atoms with Crippen LogP contribution in [0.25, 0.3) is 0 Å². The quantitative estimate of drug-likeness (QED) is 0.714. The molecule has 0 amide bonds. The third-order valence-electron chi connectivity index (χ3n) is 6.40. The summed E-state index contributed by atoms with van der Waals surface area (Å²) < 4.78 is 33.5. The van der Waals surface area contributed by atoms with Crippen molar-refractivity contribution in [3.05, 3.63) is 53.1 Å². The van der Waals surface area contributed by atoms with Crippen molar-refractivity contribution in [2.24, 2.45) is 0 Å². The standard InChI is InChI=1S/C23H27NO5S/c1-3-18-9-7-17-13-16(15-5-4-6-15)8-11-21(17)24(18)30(27,28)19-10-12-22(25)20(14-19)23(26)29-2/h8,10-15,18,25H,3-7,9H2,1-2H3. The van der Waals surface area contributed by atoms with Gasteiger partial charge in [-0.05, 0) is 73.4 Å². The van der Waals surface area contributed by atoms with Gasteiger partial charge in [-0.25, -0.2) is 13.2 Å². The average molecular weight is 430 g/mol. The molecule has 7 heteroatoms. The number of benzene rings is 2. The second-order valence-electron chi connectivity index (χ2n) is 8.09. The lowest BCUT2D eigenvalue weighted by atomic mass is 9.79. The van der Waals surface area contributed by atoms with E-state index in [1.807, 2.05) is 13.0 Å². The van der Waals surface area contributed by atoms with E-state index in [1.54, 1.807) is 0 Å². The number of rotatable bonds is 5. The average Bonchev–Trinajstić information content (AvgIpc) is 2.71. The van der Waals surface area contributed by atoms with E-state index in [-0.39, 0.29) is 22.3 Å². The Morgan fingerprint density at radius 3 is 2.57 bits per heavy atom. The first kappa shape index (κ1) is 20.7. The minimum absolute atomic E-state index is 0.0323. The lowest BCUT2D eigenvalue weighted by Gasteiger charge is -2.38. The van der Waals surface area contributed by atoms with Crippen molar-refractivity contribution in [2.75, 3.05) is 11.4 Å². The van der Waals surface area contributed by atoms with Crippen LogP contribution in [0, 0.1) is 0 Å². The van der Waals surface area contributed by atoms with Crippen molar-refractivity contribution in [3.63, 3.8) is 0 Å². The van der Waals surface area contributed by atoms with Crippen molar-refractivity contribution in [2.45, 2.75) is 62.3 Å². The Morgan fingerprint density at radius 1 is 1.17 bits per heavy atom. The normalized spacial score (nSPS) is 19.1. The number of methoxy groups -OCH3 is 1. The molecule has 0 saturated heterocycles. The highest BCUT2D eigenvalue weighted by Crippen LogP contribution is 2.42. The molecule has 1 atom stereocenters. The molecule has 1 saturated carbocycles. The molecule has 0 spiro atoms. The summed E-state index contributed by atoms with van der Waals surface area (Å²) in [7, 11) is -2.74. The molecule has 160 valence electrons. The maximum atomic E-state index is 13.7. The lowest BCUT2D eigenvalue weighted by molar-refractivity contribution is 0.0597. The van der Waals surface area contributed by atoms with Gasteiger partial charge in [-0.1, -0.05) is 25.5 Å². The number of aromatic hydroxyl groups is 1. The van der Waals surface area contributed by atoms with Crippen LogP contribution in [0.15, 0.2) is 41.3 Å². The Hall–Kier alpha value is -2.54. The molecule has 2 aromatic carbocycles. The monoisotopic (exact) mass is 429 g/mol. The third-order valence-corrected chi connectivity index (χ3v) is 8.26. The van der Waals surface area contributed by atoms with Crippen LogP contribution in [0.5, 0.6) is 5.75 Å². The van der Waals surface area contributed by atoms with Gasteiger partial charge in [0.1, 0.15) is 11.3 Å². The van der Waals surface area contributed by atoms with Gasteiger partial charge in [0, 0.05) is 6.04 Å². The number of esters is 1. The number of fused-ring (bicyclic) bond motifs is 1. The number of nitrogens with zero attached hydrogens (tertiary/aromatic N) is 1. The molecule has 1 fully saturated rings. The number of carbonyl (C=O) groups is 1.